The zero-order chi connectivity index (χ0) is 15.2. The lowest BCUT2D eigenvalue weighted by molar-refractivity contribution is 0.199. The van der Waals surface area contributed by atoms with E-state index in [-0.39, 0.29) is 0 Å². The number of hydrogen-bond acceptors (Lipinski definition) is 4. The summed E-state index contributed by atoms with van der Waals surface area (Å²) in [5.74, 6) is 1.82. The van der Waals surface area contributed by atoms with Crippen LogP contribution in [0.25, 0.3) is 0 Å². The molecule has 1 aliphatic rings. The number of allylic oxidation sites excluding steroid dienone is 1. The van der Waals surface area contributed by atoms with E-state index < -0.39 is 6.10 Å². The van der Waals surface area contributed by atoms with Crippen LogP contribution in [-0.4, -0.2) is 26.4 Å². The molecule has 0 spiro atoms. The van der Waals surface area contributed by atoms with E-state index in [9.17, 15) is 5.11 Å². The lowest BCUT2D eigenvalue weighted by Crippen LogP contribution is -2.07. The Morgan fingerprint density at radius 3 is 2.19 bits per heavy atom. The standard InChI is InChI=1S/C17H24O4/c1-19-13-10-14(20-2)16(15(11-13)21-3)17(18)12-8-6-4-5-7-9-12/h8,10-11,17-18H,4-7,9H2,1-3H3. The summed E-state index contributed by atoms with van der Waals surface area (Å²) < 4.78 is 16.1. The maximum atomic E-state index is 10.8. The van der Waals surface area contributed by atoms with Gasteiger partial charge in [0.15, 0.2) is 0 Å². The molecular weight excluding hydrogens is 268 g/mol. The second kappa shape index (κ2) is 7.36. The molecule has 0 heterocycles. The van der Waals surface area contributed by atoms with E-state index in [1.807, 2.05) is 0 Å². The minimum Gasteiger partial charge on any atom is -0.496 e. The van der Waals surface area contributed by atoms with Crippen LogP contribution in [0, 0.1) is 0 Å². The number of methoxy groups -OCH3 is 3. The molecule has 4 heteroatoms. The molecule has 1 aliphatic carbocycles. The molecule has 0 amide bonds. The van der Waals surface area contributed by atoms with E-state index in [0.717, 1.165) is 24.8 Å². The number of benzene rings is 1. The van der Waals surface area contributed by atoms with Gasteiger partial charge in [-0.3, -0.25) is 0 Å². The van der Waals surface area contributed by atoms with Crippen molar-refractivity contribution in [1.82, 2.24) is 0 Å². The Morgan fingerprint density at radius 2 is 1.62 bits per heavy atom. The molecular formula is C17H24O4. The molecule has 0 bridgehead atoms. The molecule has 0 fully saturated rings. The molecule has 21 heavy (non-hydrogen) atoms. The number of ether oxygens (including phenoxy) is 3. The fourth-order valence-corrected chi connectivity index (χ4v) is 2.78. The summed E-state index contributed by atoms with van der Waals surface area (Å²) in [6.45, 7) is 0. The highest BCUT2D eigenvalue weighted by atomic mass is 16.5. The third-order valence-corrected chi connectivity index (χ3v) is 3.95. The lowest BCUT2D eigenvalue weighted by atomic mass is 9.96. The second-order valence-electron chi connectivity index (χ2n) is 5.23. The van der Waals surface area contributed by atoms with Crippen LogP contribution < -0.4 is 14.2 Å². The van der Waals surface area contributed by atoms with Gasteiger partial charge in [0.1, 0.15) is 23.4 Å². The first-order chi connectivity index (χ1) is 10.2. The SMILES string of the molecule is COc1cc(OC)c(C(O)C2=CCCCCC2)c(OC)c1. The summed E-state index contributed by atoms with van der Waals surface area (Å²) in [6.07, 6.45) is 6.91. The molecule has 116 valence electrons. The van der Waals surface area contributed by atoms with Crippen LogP contribution in [0.1, 0.15) is 43.8 Å². The van der Waals surface area contributed by atoms with Crippen molar-refractivity contribution in [1.29, 1.82) is 0 Å². The predicted molar refractivity (Wildman–Crippen MR) is 82.2 cm³/mol. The predicted octanol–water partition coefficient (Wildman–Crippen LogP) is 3.64. The molecule has 0 aliphatic heterocycles. The highest BCUT2D eigenvalue weighted by Crippen LogP contribution is 2.42. The average molecular weight is 292 g/mol. The van der Waals surface area contributed by atoms with Gasteiger partial charge in [0, 0.05) is 12.1 Å². The zero-order valence-electron chi connectivity index (χ0n) is 13.0. The summed E-state index contributed by atoms with van der Waals surface area (Å²) in [5.41, 5.74) is 1.73. The second-order valence-corrected chi connectivity index (χ2v) is 5.23. The van der Waals surface area contributed by atoms with Gasteiger partial charge in [0.25, 0.3) is 0 Å². The molecule has 2 rings (SSSR count). The topological polar surface area (TPSA) is 47.9 Å². The van der Waals surface area contributed by atoms with Crippen LogP contribution in [0.5, 0.6) is 17.2 Å². The van der Waals surface area contributed by atoms with Crippen molar-refractivity contribution in [2.45, 2.75) is 38.2 Å². The Kier molecular flexibility index (Phi) is 5.51. The highest BCUT2D eigenvalue weighted by Gasteiger charge is 2.24. The third kappa shape index (κ3) is 3.50. The van der Waals surface area contributed by atoms with E-state index in [1.165, 1.54) is 12.8 Å². The minimum absolute atomic E-state index is 0.587. The van der Waals surface area contributed by atoms with E-state index in [4.69, 9.17) is 14.2 Å². The van der Waals surface area contributed by atoms with Crippen LogP contribution in [0.15, 0.2) is 23.8 Å². The third-order valence-electron chi connectivity index (χ3n) is 3.95. The van der Waals surface area contributed by atoms with Crippen LogP contribution in [0.2, 0.25) is 0 Å². The van der Waals surface area contributed by atoms with Gasteiger partial charge >= 0.3 is 0 Å². The first-order valence-electron chi connectivity index (χ1n) is 7.38. The number of hydrogen-bond donors (Lipinski definition) is 1. The molecule has 4 nitrogen and oxygen atoms in total. The van der Waals surface area contributed by atoms with Crippen LogP contribution in [-0.2, 0) is 0 Å². The summed E-state index contributed by atoms with van der Waals surface area (Å²) >= 11 is 0. The summed E-state index contributed by atoms with van der Waals surface area (Å²) in [5, 5.41) is 10.8. The normalized spacial score (nSPS) is 16.7. The maximum Gasteiger partial charge on any atom is 0.132 e. The van der Waals surface area contributed by atoms with Crippen molar-refractivity contribution in [3.05, 3.63) is 29.3 Å². The molecule has 1 N–H and O–H groups in total. The van der Waals surface area contributed by atoms with Gasteiger partial charge in [-0.1, -0.05) is 12.5 Å². The Bertz CT molecular complexity index is 483. The van der Waals surface area contributed by atoms with Gasteiger partial charge in [0.2, 0.25) is 0 Å². The van der Waals surface area contributed by atoms with E-state index in [0.29, 0.717) is 22.8 Å². The summed E-state index contributed by atoms with van der Waals surface area (Å²) in [4.78, 5) is 0. The summed E-state index contributed by atoms with van der Waals surface area (Å²) in [6, 6.07) is 3.55. The van der Waals surface area contributed by atoms with Crippen molar-refractivity contribution in [3.8, 4) is 17.2 Å². The number of rotatable bonds is 5. The van der Waals surface area contributed by atoms with Crippen molar-refractivity contribution >= 4 is 0 Å². The van der Waals surface area contributed by atoms with Gasteiger partial charge in [-0.15, -0.1) is 0 Å². The van der Waals surface area contributed by atoms with Crippen molar-refractivity contribution in [3.63, 3.8) is 0 Å². The van der Waals surface area contributed by atoms with Crippen molar-refractivity contribution < 1.29 is 19.3 Å². The van der Waals surface area contributed by atoms with Gasteiger partial charge in [-0.2, -0.15) is 0 Å². The van der Waals surface area contributed by atoms with Crippen molar-refractivity contribution in [2.75, 3.05) is 21.3 Å². The van der Waals surface area contributed by atoms with Crippen LogP contribution in [0.3, 0.4) is 0 Å². The molecule has 0 radical (unpaired) electrons. The van der Waals surface area contributed by atoms with E-state index in [1.54, 1.807) is 33.5 Å². The quantitative estimate of drug-likeness (QED) is 0.842. The van der Waals surface area contributed by atoms with Gasteiger partial charge in [0.05, 0.1) is 26.9 Å². The molecule has 1 aromatic carbocycles. The Balaban J connectivity index is 2.42. The highest BCUT2D eigenvalue weighted by molar-refractivity contribution is 5.53. The molecule has 1 unspecified atom stereocenters. The van der Waals surface area contributed by atoms with E-state index >= 15 is 0 Å². The Hall–Kier alpha value is -1.68. The first kappa shape index (κ1) is 15.7. The van der Waals surface area contributed by atoms with Gasteiger partial charge in [-0.25, -0.2) is 0 Å². The van der Waals surface area contributed by atoms with E-state index in [2.05, 4.69) is 6.08 Å². The largest absolute Gasteiger partial charge is 0.496 e. The monoisotopic (exact) mass is 292 g/mol. The van der Waals surface area contributed by atoms with Crippen molar-refractivity contribution in [2.24, 2.45) is 0 Å². The molecule has 0 saturated heterocycles. The molecule has 0 aromatic heterocycles. The first-order valence-corrected chi connectivity index (χ1v) is 7.38. The lowest BCUT2D eigenvalue weighted by Gasteiger charge is -2.21. The molecule has 0 saturated carbocycles. The van der Waals surface area contributed by atoms with Crippen LogP contribution >= 0.6 is 0 Å². The Labute approximate surface area is 126 Å². The smallest absolute Gasteiger partial charge is 0.132 e. The molecule has 1 aromatic rings. The maximum absolute atomic E-state index is 10.8. The molecule has 1 atom stereocenters. The van der Waals surface area contributed by atoms with Gasteiger partial charge < -0.3 is 19.3 Å². The summed E-state index contributed by atoms with van der Waals surface area (Å²) in [7, 11) is 4.77. The number of aliphatic hydroxyl groups is 1. The minimum atomic E-state index is -0.695. The number of aliphatic hydroxyl groups excluding tert-OH is 1. The fraction of sp³-hybridized carbons (Fsp3) is 0.529. The average Bonchev–Trinajstić information content (AvgIpc) is 2.81. The van der Waals surface area contributed by atoms with Crippen LogP contribution in [0.4, 0.5) is 0 Å². The van der Waals surface area contributed by atoms with Gasteiger partial charge in [-0.05, 0) is 31.3 Å². The zero-order valence-corrected chi connectivity index (χ0v) is 13.0. The fourth-order valence-electron chi connectivity index (χ4n) is 2.78. The Morgan fingerprint density at radius 1 is 0.952 bits per heavy atom.